The summed E-state index contributed by atoms with van der Waals surface area (Å²) < 4.78 is 11.6. The van der Waals surface area contributed by atoms with Gasteiger partial charge < -0.3 is 5.32 Å². The van der Waals surface area contributed by atoms with E-state index < -0.39 is 10.8 Å². The minimum Gasteiger partial charge on any atom is -0.333 e. The number of allylic oxidation sites excluding steroid dienone is 1. The van der Waals surface area contributed by atoms with Gasteiger partial charge in [0.2, 0.25) is 0 Å². The molecule has 9 nitrogen and oxygen atoms in total. The van der Waals surface area contributed by atoms with Crippen molar-refractivity contribution in [3.05, 3.63) is 65.0 Å². The van der Waals surface area contributed by atoms with Gasteiger partial charge in [-0.1, -0.05) is 19.6 Å². The molecule has 1 amide bonds. The van der Waals surface area contributed by atoms with Crippen LogP contribution in [0.5, 0.6) is 0 Å². The summed E-state index contributed by atoms with van der Waals surface area (Å²) in [6.07, 6.45) is 7.75. The summed E-state index contributed by atoms with van der Waals surface area (Å²) >= 11 is 0. The molecule has 38 heavy (non-hydrogen) atoms. The average molecular weight is 534 g/mol. The summed E-state index contributed by atoms with van der Waals surface area (Å²) in [6.45, 7) is 14.5. The summed E-state index contributed by atoms with van der Waals surface area (Å²) in [5.41, 5.74) is 5.71. The number of rotatable bonds is 8. The zero-order chi connectivity index (χ0) is 27.6. The molecule has 0 spiro atoms. The summed E-state index contributed by atoms with van der Waals surface area (Å²) in [6, 6.07) is 3.43. The first-order valence-electron chi connectivity index (χ1n) is 12.8. The predicted octanol–water partition coefficient (Wildman–Crippen LogP) is 4.29. The highest BCUT2D eigenvalue weighted by Gasteiger charge is 2.37. The number of aryl methyl sites for hydroxylation is 1. The van der Waals surface area contributed by atoms with Crippen LogP contribution in [0.4, 0.5) is 0 Å². The van der Waals surface area contributed by atoms with Crippen LogP contribution in [-0.4, -0.2) is 53.9 Å². The third-order valence-corrected chi connectivity index (χ3v) is 7.55. The lowest BCUT2D eigenvalue weighted by molar-refractivity contribution is -0.122. The summed E-state index contributed by atoms with van der Waals surface area (Å²) in [7, 11) is -1.15. The van der Waals surface area contributed by atoms with Gasteiger partial charge in [-0.2, -0.15) is 0 Å². The number of aromatic nitrogens is 3. The van der Waals surface area contributed by atoms with Gasteiger partial charge in [0.15, 0.2) is 11.7 Å². The zero-order valence-electron chi connectivity index (χ0n) is 22.9. The number of pyridine rings is 1. The van der Waals surface area contributed by atoms with Crippen molar-refractivity contribution in [2.45, 2.75) is 77.4 Å². The number of aliphatic imine (C=N–C) groups is 2. The fourth-order valence-electron chi connectivity index (χ4n) is 4.26. The molecular weight excluding hydrogens is 498 g/mol. The molecule has 1 aliphatic heterocycles. The van der Waals surface area contributed by atoms with Crippen LogP contribution < -0.4 is 5.32 Å². The number of piperazine rings is 1. The second-order valence-corrected chi connectivity index (χ2v) is 11.3. The Labute approximate surface area is 226 Å². The minimum atomic E-state index is -1.15. The van der Waals surface area contributed by atoms with Crippen LogP contribution in [0, 0.1) is 6.92 Å². The maximum absolute atomic E-state index is 13.8. The average Bonchev–Trinajstić information content (AvgIpc) is 3.73. The second-order valence-electron chi connectivity index (χ2n) is 9.93. The number of amidine groups is 2. The number of carbonyl (C=O) groups excluding carboxylic acids is 1. The highest BCUT2D eigenvalue weighted by Crippen LogP contribution is 2.42. The first-order valence-corrected chi connectivity index (χ1v) is 14.4. The lowest BCUT2D eigenvalue weighted by atomic mass is 10.0. The van der Waals surface area contributed by atoms with E-state index in [0.29, 0.717) is 22.5 Å². The number of amides is 1. The van der Waals surface area contributed by atoms with Crippen molar-refractivity contribution >= 4 is 34.1 Å². The summed E-state index contributed by atoms with van der Waals surface area (Å²) in [5, 5.41) is 3.76. The maximum Gasteiger partial charge on any atom is 0.295 e. The highest BCUT2D eigenvalue weighted by molar-refractivity contribution is 7.84. The van der Waals surface area contributed by atoms with Gasteiger partial charge in [0.25, 0.3) is 5.91 Å². The molecule has 1 aliphatic carbocycles. The lowest BCUT2D eigenvalue weighted by Crippen LogP contribution is -2.57. The molecule has 1 unspecified atom stereocenters. The fourth-order valence-corrected chi connectivity index (χ4v) is 4.72. The maximum atomic E-state index is 13.8. The molecule has 2 atom stereocenters. The van der Waals surface area contributed by atoms with Gasteiger partial charge in [0.05, 0.1) is 40.1 Å². The van der Waals surface area contributed by atoms with Gasteiger partial charge in [0.1, 0.15) is 11.4 Å². The van der Waals surface area contributed by atoms with Crippen LogP contribution in [0.25, 0.3) is 5.70 Å². The Hall–Kier alpha value is -3.53. The molecule has 10 heteroatoms. The Morgan fingerprint density at radius 1 is 1.26 bits per heavy atom. The van der Waals surface area contributed by atoms with Crippen molar-refractivity contribution in [3.8, 4) is 0 Å². The molecule has 1 N–H and O–H groups in total. The molecular formula is C28H35N7O2S. The highest BCUT2D eigenvalue weighted by atomic mass is 32.2. The van der Waals surface area contributed by atoms with Gasteiger partial charge in [-0.05, 0) is 64.2 Å². The molecule has 200 valence electrons. The fraction of sp³-hybridized carbons (Fsp3) is 0.429. The molecule has 1 saturated heterocycles. The van der Waals surface area contributed by atoms with E-state index in [2.05, 4.69) is 31.8 Å². The monoisotopic (exact) mass is 533 g/mol. The zero-order valence-corrected chi connectivity index (χ0v) is 23.7. The molecule has 1 saturated carbocycles. The van der Waals surface area contributed by atoms with Gasteiger partial charge in [0, 0.05) is 30.0 Å². The number of nitrogens with one attached hydrogen (secondary N) is 1. The van der Waals surface area contributed by atoms with Crippen molar-refractivity contribution in [1.29, 1.82) is 0 Å². The van der Waals surface area contributed by atoms with Crippen LogP contribution >= 0.6 is 0 Å². The Bertz CT molecular complexity index is 1370. The van der Waals surface area contributed by atoms with Crippen LogP contribution in [0.3, 0.4) is 0 Å². The normalized spacial score (nSPS) is 19.5. The van der Waals surface area contributed by atoms with E-state index in [1.54, 1.807) is 29.7 Å². The Kier molecular flexibility index (Phi) is 8.30. The first kappa shape index (κ1) is 27.5. The molecule has 2 aliphatic rings. The van der Waals surface area contributed by atoms with E-state index in [1.165, 1.54) is 0 Å². The Balaban J connectivity index is 1.72. The molecule has 2 fully saturated rings. The number of hydrogen-bond acceptors (Lipinski definition) is 7. The van der Waals surface area contributed by atoms with Crippen molar-refractivity contribution in [1.82, 2.24) is 25.2 Å². The van der Waals surface area contributed by atoms with Crippen LogP contribution in [0.1, 0.15) is 75.4 Å². The van der Waals surface area contributed by atoms with E-state index >= 15 is 0 Å². The third-order valence-electron chi connectivity index (χ3n) is 6.72. The summed E-state index contributed by atoms with van der Waals surface area (Å²) in [5.74, 6) is 0.920. The topological polar surface area (TPSA) is 113 Å². The predicted molar refractivity (Wildman–Crippen MR) is 151 cm³/mol. The van der Waals surface area contributed by atoms with Gasteiger partial charge >= 0.3 is 0 Å². The summed E-state index contributed by atoms with van der Waals surface area (Å²) in [4.78, 5) is 38.2. The smallest absolute Gasteiger partial charge is 0.295 e. The van der Waals surface area contributed by atoms with E-state index in [9.17, 15) is 9.00 Å². The van der Waals surface area contributed by atoms with E-state index in [4.69, 9.17) is 4.99 Å². The quantitative estimate of drug-likeness (QED) is 0.542. The van der Waals surface area contributed by atoms with Crippen LogP contribution in [0.15, 0.2) is 57.5 Å². The molecule has 3 heterocycles. The molecule has 0 bridgehead atoms. The third kappa shape index (κ3) is 5.80. The number of carbonyl (C=O) groups is 1. The minimum absolute atomic E-state index is 0.118. The van der Waals surface area contributed by atoms with E-state index in [1.807, 2.05) is 40.7 Å². The van der Waals surface area contributed by atoms with E-state index in [-0.39, 0.29) is 24.3 Å². The van der Waals surface area contributed by atoms with E-state index in [0.717, 1.165) is 53.0 Å². The second kappa shape index (κ2) is 11.5. The van der Waals surface area contributed by atoms with Crippen molar-refractivity contribution in [3.63, 3.8) is 0 Å². The molecule has 4 rings (SSSR count). The standard InChI is InChI=1S/C28H35N7O2S/c1-8-17(4)35-27(33-19(6)23-18(5)31-15-32-25(23)21-10-11-21)24(16(2)3)34-26(28(35)36)30-14-20-9-12-22(29-13-20)38(7)37/h9,12-13,15,17,21H,6,8,10-11,14H2,1-5,7H3,(H,30,34)/t17-,38?/m0/s1. The van der Waals surface area contributed by atoms with Crippen LogP contribution in [-0.2, 0) is 22.1 Å². The van der Waals surface area contributed by atoms with Crippen molar-refractivity contribution in [2.75, 3.05) is 6.26 Å². The Morgan fingerprint density at radius 3 is 2.58 bits per heavy atom. The van der Waals surface area contributed by atoms with Crippen LogP contribution in [0.2, 0.25) is 0 Å². The molecule has 0 radical (unpaired) electrons. The van der Waals surface area contributed by atoms with Gasteiger partial charge in [-0.15, -0.1) is 0 Å². The Morgan fingerprint density at radius 2 is 2.00 bits per heavy atom. The molecule has 2 aromatic heterocycles. The first-order chi connectivity index (χ1) is 18.1. The van der Waals surface area contributed by atoms with Gasteiger partial charge in [-0.3, -0.25) is 18.9 Å². The van der Waals surface area contributed by atoms with Crippen molar-refractivity contribution < 1.29 is 9.00 Å². The lowest BCUT2D eigenvalue weighted by Gasteiger charge is -2.36. The van der Waals surface area contributed by atoms with Gasteiger partial charge in [-0.25, -0.2) is 19.9 Å². The van der Waals surface area contributed by atoms with Crippen molar-refractivity contribution in [2.24, 2.45) is 9.98 Å². The largest absolute Gasteiger partial charge is 0.333 e. The SMILES string of the molecule is C=C(N=C1C(=C(C)C)NC(=NCc2ccc(S(C)=O)nc2)C(=O)N1[C@@H](C)CC)c1c(C)ncnc1C1CC1. The number of hydrogen-bond donors (Lipinski definition) is 1. The molecule has 0 aromatic carbocycles. The number of nitrogens with zero attached hydrogens (tertiary/aromatic N) is 6. The molecule has 2 aromatic rings.